The number of hydrogen-bond acceptors (Lipinski definition) is 4. The topological polar surface area (TPSA) is 34.9 Å². The summed E-state index contributed by atoms with van der Waals surface area (Å²) in [6, 6.07) is 10.3. The molecule has 0 aliphatic carbocycles. The van der Waals surface area contributed by atoms with Crippen molar-refractivity contribution >= 4 is 32.9 Å². The number of halogens is 1. The largest absolute Gasteiger partial charge is 0.292 e. The maximum atomic E-state index is 13.4. The number of hydrogen-bond donors (Lipinski definition) is 0. The van der Waals surface area contributed by atoms with E-state index in [9.17, 15) is 9.18 Å². The minimum atomic E-state index is -0.304. The summed E-state index contributed by atoms with van der Waals surface area (Å²) in [6.07, 6.45) is 0. The van der Waals surface area contributed by atoms with Crippen LogP contribution in [0.25, 0.3) is 20.7 Å². The average molecular weight is 356 g/mol. The molecule has 0 aliphatic rings. The monoisotopic (exact) mass is 356 g/mol. The minimum Gasteiger partial charge on any atom is -0.292 e. The lowest BCUT2D eigenvalue weighted by Gasteiger charge is -2.10. The van der Waals surface area contributed by atoms with E-state index >= 15 is 0 Å². The Balaban J connectivity index is 1.90. The van der Waals surface area contributed by atoms with Gasteiger partial charge in [0.2, 0.25) is 0 Å². The zero-order chi connectivity index (χ0) is 16.7. The van der Waals surface area contributed by atoms with Gasteiger partial charge >= 0.3 is 0 Å². The standard InChI is InChI=1S/C18H13FN2OS2/c1-11-20-17-16(14(10-24-17)15-6-3-7-23-15)18(22)21(11)9-12-4-2-5-13(19)8-12/h2-8,10H,9H2,1H3. The number of nitrogens with zero attached hydrogens (tertiary/aromatic N) is 2. The van der Waals surface area contributed by atoms with Crippen LogP contribution in [-0.2, 0) is 6.54 Å². The molecule has 0 amide bonds. The molecule has 0 spiro atoms. The fraction of sp³-hybridized carbons (Fsp3) is 0.111. The number of thiophene rings is 2. The van der Waals surface area contributed by atoms with E-state index in [0.717, 1.165) is 20.8 Å². The van der Waals surface area contributed by atoms with E-state index < -0.39 is 0 Å². The van der Waals surface area contributed by atoms with Crippen molar-refractivity contribution in [3.63, 3.8) is 0 Å². The predicted molar refractivity (Wildman–Crippen MR) is 97.4 cm³/mol. The Morgan fingerprint density at radius 3 is 2.83 bits per heavy atom. The normalized spacial score (nSPS) is 11.2. The van der Waals surface area contributed by atoms with Gasteiger partial charge in [0, 0.05) is 15.8 Å². The second-order valence-electron chi connectivity index (χ2n) is 5.49. The van der Waals surface area contributed by atoms with Crippen molar-refractivity contribution in [1.82, 2.24) is 9.55 Å². The molecule has 120 valence electrons. The predicted octanol–water partition coefficient (Wildman–Crippen LogP) is 4.68. The Bertz CT molecular complexity index is 1080. The first-order valence-corrected chi connectivity index (χ1v) is 9.16. The molecular formula is C18H13FN2OS2. The van der Waals surface area contributed by atoms with Crippen molar-refractivity contribution in [2.24, 2.45) is 0 Å². The molecule has 4 aromatic rings. The fourth-order valence-corrected chi connectivity index (χ4v) is 4.54. The van der Waals surface area contributed by atoms with Gasteiger partial charge in [0.05, 0.1) is 11.9 Å². The van der Waals surface area contributed by atoms with Gasteiger partial charge < -0.3 is 0 Å². The summed E-state index contributed by atoms with van der Waals surface area (Å²) in [5.41, 5.74) is 1.59. The van der Waals surface area contributed by atoms with Crippen molar-refractivity contribution in [2.45, 2.75) is 13.5 Å². The molecule has 0 N–H and O–H groups in total. The Hall–Kier alpha value is -2.31. The Morgan fingerprint density at radius 2 is 2.08 bits per heavy atom. The molecule has 3 nitrogen and oxygen atoms in total. The molecule has 0 saturated carbocycles. The van der Waals surface area contributed by atoms with E-state index in [1.165, 1.54) is 23.5 Å². The van der Waals surface area contributed by atoms with Gasteiger partial charge in [-0.1, -0.05) is 18.2 Å². The molecule has 0 radical (unpaired) electrons. The van der Waals surface area contributed by atoms with Crippen LogP contribution in [0.1, 0.15) is 11.4 Å². The van der Waals surface area contributed by atoms with Gasteiger partial charge in [0.15, 0.2) is 0 Å². The smallest absolute Gasteiger partial charge is 0.263 e. The van der Waals surface area contributed by atoms with Crippen LogP contribution in [0, 0.1) is 12.7 Å². The van der Waals surface area contributed by atoms with E-state index in [0.29, 0.717) is 17.8 Å². The average Bonchev–Trinajstić information content (AvgIpc) is 3.20. The third kappa shape index (κ3) is 2.57. The lowest BCUT2D eigenvalue weighted by molar-refractivity contribution is 0.621. The molecular weight excluding hydrogens is 343 g/mol. The van der Waals surface area contributed by atoms with Gasteiger partial charge in [-0.05, 0) is 36.1 Å². The zero-order valence-corrected chi connectivity index (χ0v) is 14.5. The van der Waals surface area contributed by atoms with Crippen LogP contribution < -0.4 is 5.56 Å². The van der Waals surface area contributed by atoms with E-state index in [2.05, 4.69) is 4.98 Å². The van der Waals surface area contributed by atoms with Gasteiger partial charge in [0.25, 0.3) is 5.56 Å². The molecule has 0 atom stereocenters. The fourth-order valence-electron chi connectivity index (χ4n) is 2.74. The molecule has 3 aromatic heterocycles. The number of aryl methyl sites for hydroxylation is 1. The number of fused-ring (bicyclic) bond motifs is 1. The number of benzene rings is 1. The summed E-state index contributed by atoms with van der Waals surface area (Å²) in [7, 11) is 0. The Labute approximate surface area is 145 Å². The summed E-state index contributed by atoms with van der Waals surface area (Å²) in [5.74, 6) is 0.332. The van der Waals surface area contributed by atoms with Crippen LogP contribution in [0.2, 0.25) is 0 Å². The molecule has 0 bridgehead atoms. The lowest BCUT2D eigenvalue weighted by Crippen LogP contribution is -2.24. The van der Waals surface area contributed by atoms with E-state index in [-0.39, 0.29) is 11.4 Å². The maximum Gasteiger partial charge on any atom is 0.263 e. The van der Waals surface area contributed by atoms with Crippen LogP contribution in [0.15, 0.2) is 52.0 Å². The molecule has 24 heavy (non-hydrogen) atoms. The molecule has 4 rings (SSSR count). The molecule has 6 heteroatoms. The Kier molecular flexibility index (Phi) is 3.78. The molecule has 3 heterocycles. The quantitative estimate of drug-likeness (QED) is 0.534. The van der Waals surface area contributed by atoms with Gasteiger partial charge in [-0.3, -0.25) is 9.36 Å². The van der Waals surface area contributed by atoms with E-state index in [1.54, 1.807) is 22.0 Å². The zero-order valence-electron chi connectivity index (χ0n) is 12.8. The highest BCUT2D eigenvalue weighted by molar-refractivity contribution is 7.18. The van der Waals surface area contributed by atoms with Gasteiger partial charge in [-0.2, -0.15) is 0 Å². The van der Waals surface area contributed by atoms with Crippen molar-refractivity contribution in [2.75, 3.05) is 0 Å². The molecule has 0 fully saturated rings. The molecule has 0 unspecified atom stereocenters. The first-order valence-electron chi connectivity index (χ1n) is 7.40. The number of aromatic nitrogens is 2. The summed E-state index contributed by atoms with van der Waals surface area (Å²) < 4.78 is 15.0. The van der Waals surface area contributed by atoms with Crippen molar-refractivity contribution < 1.29 is 4.39 Å². The first kappa shape index (κ1) is 15.2. The summed E-state index contributed by atoms with van der Waals surface area (Å²) in [6.45, 7) is 2.12. The van der Waals surface area contributed by atoms with Crippen LogP contribution in [0.4, 0.5) is 4.39 Å². The third-order valence-corrected chi connectivity index (χ3v) is 5.68. The van der Waals surface area contributed by atoms with E-state index in [4.69, 9.17) is 0 Å². The summed E-state index contributed by atoms with van der Waals surface area (Å²) in [4.78, 5) is 19.4. The summed E-state index contributed by atoms with van der Waals surface area (Å²) in [5, 5.41) is 4.62. The van der Waals surface area contributed by atoms with E-state index in [1.807, 2.05) is 35.9 Å². The van der Waals surface area contributed by atoms with Crippen molar-refractivity contribution in [1.29, 1.82) is 0 Å². The van der Waals surface area contributed by atoms with Crippen molar-refractivity contribution in [3.8, 4) is 10.4 Å². The van der Waals surface area contributed by atoms with Gasteiger partial charge in [-0.15, -0.1) is 22.7 Å². The van der Waals surface area contributed by atoms with Crippen LogP contribution in [0.3, 0.4) is 0 Å². The minimum absolute atomic E-state index is 0.0774. The van der Waals surface area contributed by atoms with Gasteiger partial charge in [-0.25, -0.2) is 9.37 Å². The molecule has 1 aromatic carbocycles. The Morgan fingerprint density at radius 1 is 1.21 bits per heavy atom. The molecule has 0 saturated heterocycles. The SMILES string of the molecule is Cc1nc2scc(-c3cccs3)c2c(=O)n1Cc1cccc(F)c1. The van der Waals surface area contributed by atoms with Crippen LogP contribution in [0.5, 0.6) is 0 Å². The summed E-state index contributed by atoms with van der Waals surface area (Å²) >= 11 is 3.08. The molecule has 0 aliphatic heterocycles. The van der Waals surface area contributed by atoms with Gasteiger partial charge in [0.1, 0.15) is 16.5 Å². The van der Waals surface area contributed by atoms with Crippen LogP contribution >= 0.6 is 22.7 Å². The highest BCUT2D eigenvalue weighted by Gasteiger charge is 2.16. The third-order valence-electron chi connectivity index (χ3n) is 3.90. The van der Waals surface area contributed by atoms with Crippen LogP contribution in [-0.4, -0.2) is 9.55 Å². The second kappa shape index (κ2) is 5.96. The maximum absolute atomic E-state index is 13.4. The highest BCUT2D eigenvalue weighted by Crippen LogP contribution is 2.33. The lowest BCUT2D eigenvalue weighted by atomic mass is 10.2. The second-order valence-corrected chi connectivity index (χ2v) is 7.29. The highest BCUT2D eigenvalue weighted by atomic mass is 32.1. The van der Waals surface area contributed by atoms with Crippen molar-refractivity contribution in [3.05, 3.63) is 74.7 Å². The number of rotatable bonds is 3. The first-order chi connectivity index (χ1) is 11.6.